The van der Waals surface area contributed by atoms with Gasteiger partial charge >= 0.3 is 6.18 Å². The van der Waals surface area contributed by atoms with Gasteiger partial charge in [0.25, 0.3) is 0 Å². The zero-order valence-electron chi connectivity index (χ0n) is 17.1. The van der Waals surface area contributed by atoms with Gasteiger partial charge in [-0.2, -0.15) is 17.5 Å². The molecule has 2 bridgehead atoms. The van der Waals surface area contributed by atoms with Crippen LogP contribution in [0.5, 0.6) is 0 Å². The molecule has 1 aromatic rings. The van der Waals surface area contributed by atoms with E-state index < -0.39 is 21.9 Å². The van der Waals surface area contributed by atoms with Crippen LogP contribution >= 0.6 is 0 Å². The fourth-order valence-electron chi connectivity index (χ4n) is 6.19. The number of aryl methyl sites for hydroxylation is 1. The van der Waals surface area contributed by atoms with Crippen molar-refractivity contribution in [2.75, 3.05) is 39.3 Å². The van der Waals surface area contributed by atoms with Crippen LogP contribution in [0.15, 0.2) is 17.0 Å². The molecule has 166 valence electrons. The zero-order valence-corrected chi connectivity index (χ0v) is 17.9. The van der Waals surface area contributed by atoms with Gasteiger partial charge in [-0.25, -0.2) is 13.4 Å². The number of sulfonamides is 1. The Morgan fingerprint density at radius 3 is 2.30 bits per heavy atom. The minimum absolute atomic E-state index is 0.0635. The van der Waals surface area contributed by atoms with Crippen LogP contribution in [0.2, 0.25) is 0 Å². The number of ether oxygens (including phenoxy) is 1. The maximum Gasteiger partial charge on any atom is 0.433 e. The minimum atomic E-state index is -4.59. The number of nitrogens with zero attached hydrogens (tertiary/aromatic N) is 3. The van der Waals surface area contributed by atoms with Crippen molar-refractivity contribution in [3.05, 3.63) is 23.5 Å². The number of hydrogen-bond acceptors (Lipinski definition) is 5. The molecule has 0 aromatic carbocycles. The Morgan fingerprint density at radius 2 is 1.80 bits per heavy atom. The third kappa shape index (κ3) is 3.27. The molecule has 0 spiro atoms. The zero-order chi connectivity index (χ0) is 21.5. The summed E-state index contributed by atoms with van der Waals surface area (Å²) >= 11 is 0. The van der Waals surface area contributed by atoms with Gasteiger partial charge < -0.3 is 9.64 Å². The van der Waals surface area contributed by atoms with Crippen LogP contribution in [0, 0.1) is 24.2 Å². The lowest BCUT2D eigenvalue weighted by atomic mass is 9.63. The van der Waals surface area contributed by atoms with Gasteiger partial charge in [-0.1, -0.05) is 0 Å². The van der Waals surface area contributed by atoms with E-state index in [1.54, 1.807) is 0 Å². The van der Waals surface area contributed by atoms with Gasteiger partial charge in [0.1, 0.15) is 10.6 Å². The molecule has 1 aromatic heterocycles. The van der Waals surface area contributed by atoms with Crippen LogP contribution in [0.25, 0.3) is 0 Å². The van der Waals surface area contributed by atoms with Gasteiger partial charge in [0.15, 0.2) is 0 Å². The normalized spacial score (nSPS) is 36.8. The first-order valence-electron chi connectivity index (χ1n) is 10.3. The van der Waals surface area contributed by atoms with Crippen LogP contribution in [-0.2, 0) is 20.9 Å². The lowest BCUT2D eigenvalue weighted by Crippen LogP contribution is -2.48. The number of hydrogen-bond donors (Lipinski definition) is 0. The summed E-state index contributed by atoms with van der Waals surface area (Å²) < 4.78 is 72.0. The van der Waals surface area contributed by atoms with Crippen LogP contribution in [-0.4, -0.2) is 67.5 Å². The summed E-state index contributed by atoms with van der Waals surface area (Å²) in [6, 6.07) is 1.78. The molecular formula is C20H26F3N3O3S. The molecule has 0 N–H and O–H groups in total. The first kappa shape index (κ1) is 20.7. The molecule has 30 heavy (non-hydrogen) atoms. The SMILES string of the molecule is Cc1nc(C(F)(F)F)ccc1S(=O)(=O)N1C[C@H]2CN(CC34COC(C)(C3)C4)C[C@@H]2C1. The van der Waals surface area contributed by atoms with Gasteiger partial charge in [-0.05, 0) is 50.7 Å². The van der Waals surface area contributed by atoms with Crippen molar-refractivity contribution in [3.8, 4) is 0 Å². The summed E-state index contributed by atoms with van der Waals surface area (Å²) in [6.45, 7) is 7.84. The van der Waals surface area contributed by atoms with Gasteiger partial charge in [-0.3, -0.25) is 0 Å². The van der Waals surface area contributed by atoms with Crippen molar-refractivity contribution >= 4 is 10.0 Å². The Labute approximate surface area is 174 Å². The number of alkyl halides is 3. The highest BCUT2D eigenvalue weighted by Gasteiger charge is 2.60. The van der Waals surface area contributed by atoms with Crippen molar-refractivity contribution in [3.63, 3.8) is 0 Å². The fourth-order valence-corrected chi connectivity index (χ4v) is 7.90. The van der Waals surface area contributed by atoms with E-state index in [4.69, 9.17) is 4.74 Å². The minimum Gasteiger partial charge on any atom is -0.375 e. The standard InChI is InChI=1S/C20H26F3N3O3S/c1-13-16(3-4-17(24-13)20(21,22)23)30(27,28)26-7-14-5-25(6-15(14)8-26)11-19-9-18(2,10-19)29-12-19/h3-4,14-15H,5-12H2,1-2H3/t14-,15-,18?,19?/m1/s1. The third-order valence-electron chi connectivity index (χ3n) is 7.26. The van der Waals surface area contributed by atoms with Gasteiger partial charge in [0.05, 0.1) is 17.9 Å². The molecule has 5 heterocycles. The molecule has 6 nitrogen and oxygen atoms in total. The molecular weight excluding hydrogens is 419 g/mol. The molecule has 5 fully saturated rings. The maximum absolute atomic E-state index is 13.1. The Balaban J connectivity index is 1.25. The van der Waals surface area contributed by atoms with E-state index in [1.165, 1.54) is 11.2 Å². The van der Waals surface area contributed by atoms with E-state index >= 15 is 0 Å². The van der Waals surface area contributed by atoms with Crippen molar-refractivity contribution in [1.82, 2.24) is 14.2 Å². The first-order valence-corrected chi connectivity index (χ1v) is 11.7. The lowest BCUT2D eigenvalue weighted by molar-refractivity contribution is -0.141. The monoisotopic (exact) mass is 445 g/mol. The molecule has 6 rings (SSSR count). The molecule has 4 aliphatic heterocycles. The lowest BCUT2D eigenvalue weighted by Gasteiger charge is -2.44. The van der Waals surface area contributed by atoms with E-state index in [2.05, 4.69) is 16.8 Å². The Morgan fingerprint density at radius 1 is 1.17 bits per heavy atom. The number of pyridine rings is 1. The van der Waals surface area contributed by atoms with E-state index in [9.17, 15) is 21.6 Å². The average Bonchev–Trinajstić information content (AvgIpc) is 3.31. The van der Waals surface area contributed by atoms with Crippen molar-refractivity contribution in [1.29, 1.82) is 0 Å². The highest BCUT2D eigenvalue weighted by atomic mass is 32.2. The van der Waals surface area contributed by atoms with Gasteiger partial charge in [-0.15, -0.1) is 0 Å². The molecule has 2 atom stereocenters. The molecule has 4 saturated heterocycles. The highest BCUT2D eigenvalue weighted by molar-refractivity contribution is 7.89. The Kier molecular flexibility index (Phi) is 4.41. The van der Waals surface area contributed by atoms with Crippen LogP contribution in [0.1, 0.15) is 31.2 Å². The fraction of sp³-hybridized carbons (Fsp3) is 0.750. The Hall–Kier alpha value is -1.23. The number of halogens is 3. The molecule has 0 amide bonds. The van der Waals surface area contributed by atoms with E-state index in [1.807, 2.05) is 0 Å². The average molecular weight is 446 g/mol. The quantitative estimate of drug-likeness (QED) is 0.713. The van der Waals surface area contributed by atoms with Gasteiger partial charge in [0, 0.05) is 38.1 Å². The summed E-state index contributed by atoms with van der Waals surface area (Å²) in [5.74, 6) is 0.514. The summed E-state index contributed by atoms with van der Waals surface area (Å²) in [6.07, 6.45) is -2.39. The maximum atomic E-state index is 13.1. The largest absolute Gasteiger partial charge is 0.433 e. The molecule has 10 heteroatoms. The summed E-state index contributed by atoms with van der Waals surface area (Å²) in [7, 11) is -3.86. The third-order valence-corrected chi connectivity index (χ3v) is 9.22. The van der Waals surface area contributed by atoms with E-state index in [-0.39, 0.29) is 33.4 Å². The number of rotatable bonds is 4. The van der Waals surface area contributed by atoms with Crippen LogP contribution in [0.4, 0.5) is 13.2 Å². The van der Waals surface area contributed by atoms with E-state index in [0.29, 0.717) is 13.1 Å². The number of fused-ring (bicyclic) bond motifs is 2. The predicted octanol–water partition coefficient (Wildman–Crippen LogP) is 2.53. The molecule has 0 unspecified atom stereocenters. The molecule has 1 saturated carbocycles. The predicted molar refractivity (Wildman–Crippen MR) is 102 cm³/mol. The summed E-state index contributed by atoms with van der Waals surface area (Å²) in [5, 5.41) is 0. The molecule has 0 radical (unpaired) electrons. The Bertz CT molecular complexity index is 961. The van der Waals surface area contributed by atoms with Crippen LogP contribution in [0.3, 0.4) is 0 Å². The van der Waals surface area contributed by atoms with Gasteiger partial charge in [0.2, 0.25) is 10.0 Å². The second kappa shape index (κ2) is 6.40. The molecule has 1 aliphatic carbocycles. The van der Waals surface area contributed by atoms with Crippen molar-refractivity contribution < 1.29 is 26.3 Å². The highest BCUT2D eigenvalue weighted by Crippen LogP contribution is 2.58. The second-order valence-corrected chi connectivity index (χ2v) is 11.8. The molecule has 5 aliphatic rings. The van der Waals surface area contributed by atoms with Crippen LogP contribution < -0.4 is 0 Å². The topological polar surface area (TPSA) is 62.7 Å². The van der Waals surface area contributed by atoms with E-state index in [0.717, 1.165) is 51.2 Å². The second-order valence-electron chi connectivity index (χ2n) is 9.91. The number of likely N-dealkylation sites (tertiary alicyclic amines) is 1. The summed E-state index contributed by atoms with van der Waals surface area (Å²) in [4.78, 5) is 5.80. The summed E-state index contributed by atoms with van der Waals surface area (Å²) in [5.41, 5.74) is -0.858. The first-order chi connectivity index (χ1) is 13.9. The number of aromatic nitrogens is 1. The van der Waals surface area contributed by atoms with Crippen molar-refractivity contribution in [2.45, 2.75) is 43.4 Å². The smallest absolute Gasteiger partial charge is 0.375 e. The van der Waals surface area contributed by atoms with Crippen molar-refractivity contribution in [2.24, 2.45) is 17.3 Å².